The van der Waals surface area contributed by atoms with Crippen LogP contribution in [0.4, 0.5) is 0 Å². The lowest BCUT2D eigenvalue weighted by molar-refractivity contribution is 1.17. The van der Waals surface area contributed by atoms with E-state index in [2.05, 4.69) is 45.0 Å². The van der Waals surface area contributed by atoms with Crippen LogP contribution < -0.4 is 0 Å². The highest BCUT2D eigenvalue weighted by Crippen LogP contribution is 2.25. The van der Waals surface area contributed by atoms with E-state index in [9.17, 15) is 0 Å². The Morgan fingerprint density at radius 2 is 1.86 bits per heavy atom. The van der Waals surface area contributed by atoms with Gasteiger partial charge >= 0.3 is 0 Å². The minimum Gasteiger partial charge on any atom is -0.237 e. The second-order valence-corrected chi connectivity index (χ2v) is 3.91. The molecule has 0 N–H and O–H groups in total. The zero-order valence-electron chi connectivity index (χ0n) is 7.74. The van der Waals surface area contributed by atoms with E-state index < -0.39 is 0 Å². The Labute approximate surface area is 91.2 Å². The predicted molar refractivity (Wildman–Crippen MR) is 59.9 cm³/mol. The molecule has 2 nitrogen and oxygen atoms in total. The molecule has 0 bridgehead atoms. The first-order valence-corrected chi connectivity index (χ1v) is 5.10. The Bertz CT molecular complexity index is 440. The van der Waals surface area contributed by atoms with Gasteiger partial charge in [-0.15, -0.1) is 0 Å². The highest BCUT2D eigenvalue weighted by atomic mass is 79.9. The quantitative estimate of drug-likeness (QED) is 0.775. The molecular formula is C11H9BrN2. The van der Waals surface area contributed by atoms with Crippen LogP contribution in [0.25, 0.3) is 11.4 Å². The molecular weight excluding hydrogens is 240 g/mol. The maximum atomic E-state index is 4.20. The van der Waals surface area contributed by atoms with Crippen molar-refractivity contribution in [3.8, 4) is 11.4 Å². The summed E-state index contributed by atoms with van der Waals surface area (Å²) in [7, 11) is 0. The van der Waals surface area contributed by atoms with Gasteiger partial charge in [0.1, 0.15) is 0 Å². The van der Waals surface area contributed by atoms with Gasteiger partial charge in [-0.1, -0.05) is 22.0 Å². The summed E-state index contributed by atoms with van der Waals surface area (Å²) in [5.74, 6) is 0.749. The molecule has 0 unspecified atom stereocenters. The van der Waals surface area contributed by atoms with Gasteiger partial charge < -0.3 is 0 Å². The molecule has 14 heavy (non-hydrogen) atoms. The van der Waals surface area contributed by atoms with E-state index in [1.165, 1.54) is 5.56 Å². The highest BCUT2D eigenvalue weighted by Gasteiger charge is 2.04. The SMILES string of the molecule is Cc1ccc(-c2ncccn2)c(Br)c1. The first-order valence-electron chi connectivity index (χ1n) is 4.31. The molecule has 1 aromatic heterocycles. The third-order valence-electron chi connectivity index (χ3n) is 1.93. The first-order chi connectivity index (χ1) is 6.77. The molecule has 0 radical (unpaired) electrons. The van der Waals surface area contributed by atoms with Crippen LogP contribution in [0.2, 0.25) is 0 Å². The molecule has 2 rings (SSSR count). The molecule has 3 heteroatoms. The number of aryl methyl sites for hydroxylation is 1. The van der Waals surface area contributed by atoms with Crippen LogP contribution in [0.1, 0.15) is 5.56 Å². The first kappa shape index (κ1) is 9.34. The molecule has 0 atom stereocenters. The lowest BCUT2D eigenvalue weighted by atomic mass is 10.1. The van der Waals surface area contributed by atoms with E-state index >= 15 is 0 Å². The number of halogens is 1. The van der Waals surface area contributed by atoms with Crippen LogP contribution in [0.15, 0.2) is 41.1 Å². The van der Waals surface area contributed by atoms with Gasteiger partial charge in [0.2, 0.25) is 0 Å². The Morgan fingerprint density at radius 3 is 2.50 bits per heavy atom. The zero-order valence-corrected chi connectivity index (χ0v) is 9.32. The number of benzene rings is 1. The molecule has 0 fully saturated rings. The summed E-state index contributed by atoms with van der Waals surface area (Å²) in [6, 6.07) is 7.95. The highest BCUT2D eigenvalue weighted by molar-refractivity contribution is 9.10. The molecule has 2 aromatic rings. The fourth-order valence-corrected chi connectivity index (χ4v) is 1.91. The summed E-state index contributed by atoms with van der Waals surface area (Å²) in [5.41, 5.74) is 2.24. The molecule has 1 heterocycles. The van der Waals surface area contributed by atoms with E-state index in [1.54, 1.807) is 12.4 Å². The van der Waals surface area contributed by atoms with Crippen molar-refractivity contribution in [3.05, 3.63) is 46.7 Å². The van der Waals surface area contributed by atoms with Crippen LogP contribution in [0.5, 0.6) is 0 Å². The van der Waals surface area contributed by atoms with Gasteiger partial charge in [-0.05, 0) is 30.7 Å². The topological polar surface area (TPSA) is 25.8 Å². The van der Waals surface area contributed by atoms with Crippen molar-refractivity contribution in [1.82, 2.24) is 9.97 Å². The van der Waals surface area contributed by atoms with Gasteiger partial charge in [-0.3, -0.25) is 0 Å². The number of aromatic nitrogens is 2. The third-order valence-corrected chi connectivity index (χ3v) is 2.59. The van der Waals surface area contributed by atoms with Crippen LogP contribution in [0, 0.1) is 6.92 Å². The van der Waals surface area contributed by atoms with Crippen molar-refractivity contribution >= 4 is 15.9 Å². The van der Waals surface area contributed by atoms with Crippen molar-refractivity contribution in [3.63, 3.8) is 0 Å². The van der Waals surface area contributed by atoms with Crippen LogP contribution in [-0.2, 0) is 0 Å². The fraction of sp³-hybridized carbons (Fsp3) is 0.0909. The minimum atomic E-state index is 0.749. The van der Waals surface area contributed by atoms with E-state index in [-0.39, 0.29) is 0 Å². The maximum absolute atomic E-state index is 4.20. The monoisotopic (exact) mass is 248 g/mol. The maximum Gasteiger partial charge on any atom is 0.160 e. The second-order valence-electron chi connectivity index (χ2n) is 3.06. The molecule has 0 aliphatic heterocycles. The predicted octanol–water partition coefficient (Wildman–Crippen LogP) is 3.21. The Hall–Kier alpha value is -1.22. The third kappa shape index (κ3) is 1.82. The van der Waals surface area contributed by atoms with Crippen LogP contribution in [-0.4, -0.2) is 9.97 Å². The zero-order chi connectivity index (χ0) is 9.97. The van der Waals surface area contributed by atoms with Crippen LogP contribution in [0.3, 0.4) is 0 Å². The van der Waals surface area contributed by atoms with E-state index in [1.807, 2.05) is 12.1 Å². The number of nitrogens with zero attached hydrogens (tertiary/aromatic N) is 2. The summed E-state index contributed by atoms with van der Waals surface area (Å²) in [6.45, 7) is 2.06. The van der Waals surface area contributed by atoms with E-state index in [0.29, 0.717) is 0 Å². The van der Waals surface area contributed by atoms with Gasteiger partial charge in [0.15, 0.2) is 5.82 Å². The van der Waals surface area contributed by atoms with Gasteiger partial charge in [-0.25, -0.2) is 9.97 Å². The Morgan fingerprint density at radius 1 is 1.14 bits per heavy atom. The van der Waals surface area contributed by atoms with E-state index in [4.69, 9.17) is 0 Å². The summed E-state index contributed by atoms with van der Waals surface area (Å²) in [5, 5.41) is 0. The van der Waals surface area contributed by atoms with Crippen molar-refractivity contribution in [2.45, 2.75) is 6.92 Å². The van der Waals surface area contributed by atoms with Gasteiger partial charge in [0.25, 0.3) is 0 Å². The standard InChI is InChI=1S/C11H9BrN2/c1-8-3-4-9(10(12)7-8)11-13-5-2-6-14-11/h2-7H,1H3. The van der Waals surface area contributed by atoms with Crippen molar-refractivity contribution in [1.29, 1.82) is 0 Å². The molecule has 0 saturated heterocycles. The largest absolute Gasteiger partial charge is 0.237 e. The Balaban J connectivity index is 2.53. The van der Waals surface area contributed by atoms with Crippen LogP contribution >= 0.6 is 15.9 Å². The average Bonchev–Trinajstić information content (AvgIpc) is 2.19. The summed E-state index contributed by atoms with van der Waals surface area (Å²) < 4.78 is 1.03. The van der Waals surface area contributed by atoms with Crippen molar-refractivity contribution in [2.75, 3.05) is 0 Å². The van der Waals surface area contributed by atoms with E-state index in [0.717, 1.165) is 15.9 Å². The fourth-order valence-electron chi connectivity index (χ4n) is 1.24. The average molecular weight is 249 g/mol. The number of hydrogen-bond acceptors (Lipinski definition) is 2. The minimum absolute atomic E-state index is 0.749. The molecule has 70 valence electrons. The lowest BCUT2D eigenvalue weighted by Gasteiger charge is -2.02. The Kier molecular flexibility index (Phi) is 2.59. The molecule has 0 aliphatic carbocycles. The molecule has 0 spiro atoms. The summed E-state index contributed by atoms with van der Waals surface area (Å²) >= 11 is 3.50. The van der Waals surface area contributed by atoms with Crippen molar-refractivity contribution in [2.24, 2.45) is 0 Å². The second kappa shape index (κ2) is 3.88. The molecule has 1 aromatic carbocycles. The molecule has 0 amide bonds. The summed E-state index contributed by atoms with van der Waals surface area (Å²) in [4.78, 5) is 8.40. The normalized spacial score (nSPS) is 10.1. The van der Waals surface area contributed by atoms with Gasteiger partial charge in [0, 0.05) is 22.4 Å². The summed E-state index contributed by atoms with van der Waals surface area (Å²) in [6.07, 6.45) is 3.49. The number of hydrogen-bond donors (Lipinski definition) is 0. The van der Waals surface area contributed by atoms with Crippen molar-refractivity contribution < 1.29 is 0 Å². The van der Waals surface area contributed by atoms with Gasteiger partial charge in [-0.2, -0.15) is 0 Å². The van der Waals surface area contributed by atoms with Gasteiger partial charge in [0.05, 0.1) is 0 Å². The smallest absolute Gasteiger partial charge is 0.160 e. The molecule has 0 aliphatic rings. The lowest BCUT2D eigenvalue weighted by Crippen LogP contribution is -1.88. The number of rotatable bonds is 1. The molecule has 0 saturated carbocycles.